The van der Waals surface area contributed by atoms with Crippen LogP contribution in [0.1, 0.15) is 20.8 Å². The summed E-state index contributed by atoms with van der Waals surface area (Å²) in [4.78, 5) is 27.9. The van der Waals surface area contributed by atoms with E-state index in [1.54, 1.807) is 20.8 Å². The molecule has 1 heterocycles. The van der Waals surface area contributed by atoms with Crippen molar-refractivity contribution < 1.29 is 18.8 Å². The van der Waals surface area contributed by atoms with Crippen molar-refractivity contribution in [3.63, 3.8) is 0 Å². The molecule has 9 heteroatoms. The average Bonchev–Trinajstić information content (AvgIpc) is 2.93. The van der Waals surface area contributed by atoms with E-state index < -0.39 is 22.4 Å². The van der Waals surface area contributed by atoms with Crippen molar-refractivity contribution in [3.8, 4) is 11.3 Å². The molecule has 1 aromatic carbocycles. The molecule has 24 heavy (non-hydrogen) atoms. The van der Waals surface area contributed by atoms with E-state index in [1.807, 2.05) is 0 Å². The zero-order valence-corrected chi connectivity index (χ0v) is 14.4. The van der Waals surface area contributed by atoms with Gasteiger partial charge in [-0.2, -0.15) is 0 Å². The highest BCUT2D eigenvalue weighted by Crippen LogP contribution is 2.33. The Morgan fingerprint density at radius 1 is 1.42 bits per heavy atom. The lowest BCUT2D eigenvalue weighted by molar-refractivity contribution is -0.384. The largest absolute Gasteiger partial charge is 0.443 e. The van der Waals surface area contributed by atoms with Gasteiger partial charge in [-0.15, -0.1) is 11.3 Å². The Morgan fingerprint density at radius 3 is 2.67 bits per heavy atom. The van der Waals surface area contributed by atoms with Gasteiger partial charge >= 0.3 is 6.09 Å². The molecule has 0 fully saturated rings. The first-order chi connectivity index (χ1) is 11.1. The van der Waals surface area contributed by atoms with E-state index in [4.69, 9.17) is 4.74 Å². The summed E-state index contributed by atoms with van der Waals surface area (Å²) < 4.78 is 18.7. The number of rotatable bonds is 3. The van der Waals surface area contributed by atoms with Gasteiger partial charge in [-0.3, -0.25) is 15.0 Å². The number of nitro benzene ring substituents is 1. The molecule has 0 saturated carbocycles. The van der Waals surface area contributed by atoms with Crippen molar-refractivity contribution in [1.82, 2.24) is 4.98 Å². The molecule has 0 unspecified atom stereocenters. The maximum absolute atomic E-state index is 13.4. The molecule has 0 aliphatic carbocycles. The van der Waals surface area contributed by atoms with Crippen molar-refractivity contribution in [3.05, 3.63) is 39.5 Å². The highest BCUT2D eigenvalue weighted by molar-refractivity contribution is 7.14. The molecule has 128 valence electrons. The lowest BCUT2D eigenvalue weighted by atomic mass is 10.1. The van der Waals surface area contributed by atoms with Crippen LogP contribution < -0.4 is 4.90 Å². The molecule has 0 saturated heterocycles. The second kappa shape index (κ2) is 6.52. The number of hydrogen-bond acceptors (Lipinski definition) is 6. The number of amides is 1. The van der Waals surface area contributed by atoms with Gasteiger partial charge < -0.3 is 4.74 Å². The number of aromatic nitrogens is 1. The summed E-state index contributed by atoms with van der Waals surface area (Å²) in [5.74, 6) is -0.606. The van der Waals surface area contributed by atoms with Gasteiger partial charge in [0, 0.05) is 18.5 Å². The van der Waals surface area contributed by atoms with E-state index in [0.29, 0.717) is 0 Å². The first kappa shape index (κ1) is 17.8. The Kier molecular flexibility index (Phi) is 4.83. The smallest absolute Gasteiger partial charge is 0.416 e. The number of benzene rings is 1. The molecule has 0 N–H and O–H groups in total. The Morgan fingerprint density at radius 2 is 2.08 bits per heavy atom. The lowest BCUT2D eigenvalue weighted by Crippen LogP contribution is -2.34. The van der Waals surface area contributed by atoms with Gasteiger partial charge in [-0.1, -0.05) is 0 Å². The minimum absolute atomic E-state index is 0.0556. The monoisotopic (exact) mass is 353 g/mol. The molecule has 0 radical (unpaired) electrons. The predicted molar refractivity (Wildman–Crippen MR) is 88.8 cm³/mol. The standard InChI is InChI=1S/C15H16FN3O4S/c1-15(2,3)23-14(20)18(4)13-17-11(8-24-13)10-7-9(16)5-6-12(10)19(21)22/h5-8H,1-4H3. The Bertz CT molecular complexity index is 785. The first-order valence-corrected chi connectivity index (χ1v) is 7.83. The summed E-state index contributed by atoms with van der Waals surface area (Å²) >= 11 is 1.10. The fourth-order valence-corrected chi connectivity index (χ4v) is 2.60. The third-order valence-corrected chi connectivity index (χ3v) is 3.79. The van der Waals surface area contributed by atoms with Crippen LogP contribution in [0.5, 0.6) is 0 Å². The maximum Gasteiger partial charge on any atom is 0.416 e. The van der Waals surface area contributed by atoms with Gasteiger partial charge in [-0.25, -0.2) is 14.2 Å². The predicted octanol–water partition coefficient (Wildman–Crippen LogP) is 4.23. The van der Waals surface area contributed by atoms with Crippen molar-refractivity contribution in [2.75, 3.05) is 11.9 Å². The highest BCUT2D eigenvalue weighted by Gasteiger charge is 2.24. The topological polar surface area (TPSA) is 85.6 Å². The van der Waals surface area contributed by atoms with Gasteiger partial charge in [0.15, 0.2) is 5.13 Å². The normalized spacial score (nSPS) is 11.2. The van der Waals surface area contributed by atoms with Crippen LogP contribution in [0.15, 0.2) is 23.6 Å². The van der Waals surface area contributed by atoms with Gasteiger partial charge in [0.2, 0.25) is 0 Å². The summed E-state index contributed by atoms with van der Waals surface area (Å²) in [5, 5.41) is 12.9. The Hall–Kier alpha value is -2.55. The number of carbonyl (C=O) groups excluding carboxylic acids is 1. The summed E-state index contributed by atoms with van der Waals surface area (Å²) in [6, 6.07) is 3.15. The molecular weight excluding hydrogens is 337 g/mol. The van der Waals surface area contributed by atoms with E-state index in [-0.39, 0.29) is 22.1 Å². The molecule has 7 nitrogen and oxygen atoms in total. The molecule has 0 aliphatic heterocycles. The molecule has 1 aromatic heterocycles. The van der Waals surface area contributed by atoms with Crippen LogP contribution in [0.2, 0.25) is 0 Å². The first-order valence-electron chi connectivity index (χ1n) is 6.95. The molecule has 0 spiro atoms. The Labute approximate surface area is 141 Å². The van der Waals surface area contributed by atoms with E-state index >= 15 is 0 Å². The number of nitrogens with zero attached hydrogens (tertiary/aromatic N) is 3. The van der Waals surface area contributed by atoms with Crippen LogP contribution in [0.3, 0.4) is 0 Å². The van der Waals surface area contributed by atoms with Crippen LogP contribution in [-0.4, -0.2) is 28.6 Å². The van der Waals surface area contributed by atoms with Gasteiger partial charge in [0.05, 0.1) is 16.2 Å². The Balaban J connectivity index is 2.33. The number of ether oxygens (including phenoxy) is 1. The van der Waals surface area contributed by atoms with Crippen LogP contribution in [-0.2, 0) is 4.74 Å². The molecule has 0 atom stereocenters. The fraction of sp³-hybridized carbons (Fsp3) is 0.333. The fourth-order valence-electron chi connectivity index (χ4n) is 1.82. The van der Waals surface area contributed by atoms with Gasteiger partial charge in [-0.05, 0) is 32.9 Å². The van der Waals surface area contributed by atoms with Crippen molar-refractivity contribution in [1.29, 1.82) is 0 Å². The maximum atomic E-state index is 13.4. The lowest BCUT2D eigenvalue weighted by Gasteiger charge is -2.23. The van der Waals surface area contributed by atoms with Crippen LogP contribution in [0, 0.1) is 15.9 Å². The van der Waals surface area contributed by atoms with Crippen LogP contribution >= 0.6 is 11.3 Å². The zero-order chi connectivity index (χ0) is 18.1. The number of hydrogen-bond donors (Lipinski definition) is 0. The number of nitro groups is 1. The minimum Gasteiger partial charge on any atom is -0.443 e. The third kappa shape index (κ3) is 4.05. The van der Waals surface area contributed by atoms with E-state index in [2.05, 4.69) is 4.98 Å². The highest BCUT2D eigenvalue weighted by atomic mass is 32.1. The summed E-state index contributed by atoms with van der Waals surface area (Å²) in [5.41, 5.74) is -0.642. The van der Waals surface area contributed by atoms with Crippen molar-refractivity contribution >= 4 is 28.2 Å². The number of carbonyl (C=O) groups is 1. The molecular formula is C15H16FN3O4S. The van der Waals surface area contributed by atoms with Crippen molar-refractivity contribution in [2.24, 2.45) is 0 Å². The molecule has 0 bridgehead atoms. The van der Waals surface area contributed by atoms with E-state index in [0.717, 1.165) is 29.5 Å². The average molecular weight is 353 g/mol. The van der Waals surface area contributed by atoms with Crippen molar-refractivity contribution in [2.45, 2.75) is 26.4 Å². The second-order valence-electron chi connectivity index (χ2n) is 5.97. The van der Waals surface area contributed by atoms with E-state index in [9.17, 15) is 19.3 Å². The zero-order valence-electron chi connectivity index (χ0n) is 13.6. The molecule has 0 aliphatic rings. The summed E-state index contributed by atoms with van der Waals surface area (Å²) in [6.45, 7) is 5.21. The number of thiazole rings is 1. The second-order valence-corrected chi connectivity index (χ2v) is 6.81. The molecule has 2 aromatic rings. The SMILES string of the molecule is CN(C(=O)OC(C)(C)C)c1nc(-c2cc(F)ccc2[N+](=O)[O-])cs1. The minimum atomic E-state index is -0.660. The molecule has 1 amide bonds. The van der Waals surface area contributed by atoms with E-state index in [1.165, 1.54) is 17.3 Å². The quantitative estimate of drug-likeness (QED) is 0.609. The molecule has 2 rings (SSSR count). The van der Waals surface area contributed by atoms with Gasteiger partial charge in [0.25, 0.3) is 5.69 Å². The summed E-state index contributed by atoms with van der Waals surface area (Å²) in [7, 11) is 1.48. The van der Waals surface area contributed by atoms with Crippen LogP contribution in [0.4, 0.5) is 20.0 Å². The summed E-state index contributed by atoms with van der Waals surface area (Å²) in [6.07, 6.45) is -0.600. The van der Waals surface area contributed by atoms with Crippen LogP contribution in [0.25, 0.3) is 11.3 Å². The number of anilines is 1. The van der Waals surface area contributed by atoms with Gasteiger partial charge in [0.1, 0.15) is 11.4 Å². The number of halogens is 1. The third-order valence-electron chi connectivity index (χ3n) is 2.88.